The van der Waals surface area contributed by atoms with Crippen LogP contribution in [0, 0.1) is 0 Å². The fraction of sp³-hybridized carbons (Fsp3) is 0.125. The van der Waals surface area contributed by atoms with E-state index in [2.05, 4.69) is 15.3 Å². The van der Waals surface area contributed by atoms with Gasteiger partial charge in [-0.2, -0.15) is 13.2 Å². The number of nitrogens with one attached hydrogen (secondary N) is 1. The number of pyridine rings is 1. The van der Waals surface area contributed by atoms with E-state index >= 15 is 0 Å². The van der Waals surface area contributed by atoms with Crippen molar-refractivity contribution in [2.75, 3.05) is 5.32 Å². The fourth-order valence-corrected chi connectivity index (χ4v) is 3.06. The summed E-state index contributed by atoms with van der Waals surface area (Å²) in [6.45, 7) is 0.321. The highest BCUT2D eigenvalue weighted by molar-refractivity contribution is 7.13. The fourth-order valence-electron chi connectivity index (χ4n) is 2.00. The van der Waals surface area contributed by atoms with Crippen molar-refractivity contribution in [2.45, 2.75) is 12.7 Å². The molecule has 1 aromatic carbocycles. The lowest BCUT2D eigenvalue weighted by Gasteiger charge is -2.10. The van der Waals surface area contributed by atoms with Crippen LogP contribution in [0.5, 0.6) is 0 Å². The van der Waals surface area contributed by atoms with Gasteiger partial charge in [0.25, 0.3) is 0 Å². The van der Waals surface area contributed by atoms with Gasteiger partial charge in [0.15, 0.2) is 0 Å². The van der Waals surface area contributed by atoms with E-state index in [1.54, 1.807) is 0 Å². The van der Waals surface area contributed by atoms with Crippen LogP contribution in [0.15, 0.2) is 48.0 Å². The molecule has 0 aliphatic carbocycles. The zero-order valence-electron chi connectivity index (χ0n) is 12.1. The summed E-state index contributed by atoms with van der Waals surface area (Å²) in [7, 11) is 0. The van der Waals surface area contributed by atoms with Gasteiger partial charge in [0, 0.05) is 17.1 Å². The third kappa shape index (κ3) is 3.85. The third-order valence-electron chi connectivity index (χ3n) is 3.18. The lowest BCUT2D eigenvalue weighted by Crippen LogP contribution is -2.08. The van der Waals surface area contributed by atoms with E-state index < -0.39 is 11.7 Å². The Bertz CT molecular complexity index is 834. The van der Waals surface area contributed by atoms with Crippen molar-refractivity contribution in [3.05, 3.63) is 64.3 Å². The molecule has 1 N–H and O–H groups in total. The minimum atomic E-state index is -4.46. The normalized spacial score (nSPS) is 11.5. The summed E-state index contributed by atoms with van der Waals surface area (Å²) in [5.41, 5.74) is 0.897. The van der Waals surface area contributed by atoms with E-state index in [0.29, 0.717) is 6.54 Å². The summed E-state index contributed by atoms with van der Waals surface area (Å²) in [6.07, 6.45) is -3.71. The van der Waals surface area contributed by atoms with Gasteiger partial charge >= 0.3 is 6.18 Å². The van der Waals surface area contributed by atoms with E-state index in [-0.39, 0.29) is 10.8 Å². The molecule has 124 valence electrons. The van der Waals surface area contributed by atoms with E-state index in [1.165, 1.54) is 11.3 Å². The lowest BCUT2D eigenvalue weighted by atomic mass is 10.2. The van der Waals surface area contributed by atoms with Crippen LogP contribution in [0.4, 0.5) is 19.0 Å². The number of aromatic nitrogens is 2. The van der Waals surface area contributed by atoms with Gasteiger partial charge in [0.2, 0.25) is 0 Å². The first-order valence-corrected chi connectivity index (χ1v) is 8.15. The Morgan fingerprint density at radius 3 is 2.58 bits per heavy atom. The Kier molecular flexibility index (Phi) is 4.73. The predicted molar refractivity (Wildman–Crippen MR) is 89.1 cm³/mol. The molecule has 0 atom stereocenters. The molecule has 0 aliphatic heterocycles. The van der Waals surface area contributed by atoms with Crippen LogP contribution in [0.25, 0.3) is 10.6 Å². The predicted octanol–water partition coefficient (Wildman–Crippen LogP) is 5.49. The molecule has 0 bridgehead atoms. The van der Waals surface area contributed by atoms with Gasteiger partial charge in [-0.1, -0.05) is 41.9 Å². The van der Waals surface area contributed by atoms with Crippen LogP contribution in [0.3, 0.4) is 0 Å². The molecule has 3 rings (SSSR count). The number of hydrogen-bond acceptors (Lipinski definition) is 4. The molecular formula is C16H11ClF3N3S. The summed E-state index contributed by atoms with van der Waals surface area (Å²) in [4.78, 5) is 8.22. The molecule has 0 unspecified atom stereocenters. The summed E-state index contributed by atoms with van der Waals surface area (Å²) in [5.74, 6) is 0.193. The monoisotopic (exact) mass is 369 g/mol. The summed E-state index contributed by atoms with van der Waals surface area (Å²) in [6, 6.07) is 10.6. The van der Waals surface area contributed by atoms with Crippen LogP contribution in [-0.2, 0) is 12.7 Å². The third-order valence-corrected chi connectivity index (χ3v) is 4.41. The van der Waals surface area contributed by atoms with Crippen LogP contribution in [-0.4, -0.2) is 9.97 Å². The topological polar surface area (TPSA) is 37.8 Å². The van der Waals surface area contributed by atoms with E-state index in [1.807, 2.05) is 35.7 Å². The molecule has 8 heteroatoms. The number of thiazole rings is 1. The first-order chi connectivity index (χ1) is 11.4. The lowest BCUT2D eigenvalue weighted by molar-refractivity contribution is -0.137. The van der Waals surface area contributed by atoms with Crippen molar-refractivity contribution < 1.29 is 13.2 Å². The number of alkyl halides is 3. The second-order valence-corrected chi connectivity index (χ2v) is 6.18. The van der Waals surface area contributed by atoms with Gasteiger partial charge in [-0.05, 0) is 6.07 Å². The Hall–Kier alpha value is -2.12. The number of rotatable bonds is 4. The van der Waals surface area contributed by atoms with Crippen LogP contribution >= 0.6 is 22.9 Å². The smallest absolute Gasteiger partial charge is 0.363 e. The minimum Gasteiger partial charge on any atom is -0.363 e. The molecule has 0 saturated carbocycles. The Balaban J connectivity index is 1.69. The van der Waals surface area contributed by atoms with Crippen molar-refractivity contribution in [2.24, 2.45) is 0 Å². The largest absolute Gasteiger partial charge is 0.417 e. The van der Waals surface area contributed by atoms with Gasteiger partial charge in [-0.25, -0.2) is 9.97 Å². The zero-order chi connectivity index (χ0) is 17.2. The molecule has 2 aromatic heterocycles. The van der Waals surface area contributed by atoms with E-state index in [4.69, 9.17) is 11.6 Å². The number of nitrogens with zero attached hydrogens (tertiary/aromatic N) is 2. The van der Waals surface area contributed by atoms with Gasteiger partial charge in [-0.15, -0.1) is 11.3 Å². The molecule has 0 fully saturated rings. The minimum absolute atomic E-state index is 0.0802. The zero-order valence-corrected chi connectivity index (χ0v) is 13.7. The maximum Gasteiger partial charge on any atom is 0.417 e. The maximum absolute atomic E-state index is 12.6. The first-order valence-electron chi connectivity index (χ1n) is 6.90. The van der Waals surface area contributed by atoms with E-state index in [0.717, 1.165) is 28.5 Å². The molecule has 3 nitrogen and oxygen atoms in total. The Morgan fingerprint density at radius 1 is 1.17 bits per heavy atom. The van der Waals surface area contributed by atoms with Crippen LogP contribution in [0.1, 0.15) is 11.3 Å². The summed E-state index contributed by atoms with van der Waals surface area (Å²) >= 11 is 7.35. The van der Waals surface area contributed by atoms with Gasteiger partial charge in [0.1, 0.15) is 10.8 Å². The molecule has 0 spiro atoms. The second kappa shape index (κ2) is 6.78. The highest BCUT2D eigenvalue weighted by atomic mass is 35.5. The molecule has 0 saturated heterocycles. The average molecular weight is 370 g/mol. The quantitative estimate of drug-likeness (QED) is 0.660. The Morgan fingerprint density at radius 2 is 1.92 bits per heavy atom. The maximum atomic E-state index is 12.6. The number of halogens is 4. The summed E-state index contributed by atoms with van der Waals surface area (Å²) in [5, 5.41) is 5.58. The first kappa shape index (κ1) is 16.7. The highest BCUT2D eigenvalue weighted by Crippen LogP contribution is 2.32. The van der Waals surface area contributed by atoms with Crippen molar-refractivity contribution in [1.29, 1.82) is 0 Å². The van der Waals surface area contributed by atoms with Crippen LogP contribution < -0.4 is 5.32 Å². The van der Waals surface area contributed by atoms with Crippen molar-refractivity contribution in [3.8, 4) is 10.6 Å². The molecule has 2 heterocycles. The van der Waals surface area contributed by atoms with Gasteiger partial charge in [-0.3, -0.25) is 0 Å². The Labute approximate surface area is 145 Å². The van der Waals surface area contributed by atoms with Gasteiger partial charge in [0.05, 0.1) is 22.8 Å². The van der Waals surface area contributed by atoms with Crippen molar-refractivity contribution in [3.63, 3.8) is 0 Å². The molecule has 0 aliphatic rings. The molecule has 0 radical (unpaired) electrons. The SMILES string of the molecule is FC(F)(F)c1cnc(NCc2csc(-c3ccccc3)n2)c(Cl)c1. The standard InChI is InChI=1S/C16H11ClF3N3S/c17-13-6-11(16(18,19)20)7-21-14(13)22-8-12-9-24-15(23-12)10-4-2-1-3-5-10/h1-7,9H,8H2,(H,21,22). The molecule has 3 aromatic rings. The molecular weight excluding hydrogens is 359 g/mol. The second-order valence-electron chi connectivity index (χ2n) is 4.92. The van der Waals surface area contributed by atoms with Gasteiger partial charge < -0.3 is 5.32 Å². The molecule has 24 heavy (non-hydrogen) atoms. The van der Waals surface area contributed by atoms with Crippen LogP contribution in [0.2, 0.25) is 5.02 Å². The average Bonchev–Trinajstić information content (AvgIpc) is 3.02. The van der Waals surface area contributed by atoms with Crippen molar-refractivity contribution in [1.82, 2.24) is 9.97 Å². The van der Waals surface area contributed by atoms with E-state index in [9.17, 15) is 13.2 Å². The number of benzene rings is 1. The highest BCUT2D eigenvalue weighted by Gasteiger charge is 2.31. The number of hydrogen-bond donors (Lipinski definition) is 1. The van der Waals surface area contributed by atoms with Crippen molar-refractivity contribution >= 4 is 28.8 Å². The molecule has 0 amide bonds. The summed E-state index contributed by atoms with van der Waals surface area (Å²) < 4.78 is 37.8. The number of anilines is 1.